The standard InChI is InChI=1S/C11H13F3N2O.ClH/c1-15-4-2-3-11(17)16-10-6-8(13)7(12)5-9(10)14;/h5-6,15H,2-4H2,1H3,(H,16,17);1H. The number of rotatable bonds is 5. The van der Waals surface area contributed by atoms with Crippen molar-refractivity contribution in [2.24, 2.45) is 0 Å². The lowest BCUT2D eigenvalue weighted by Crippen LogP contribution is -2.16. The number of hydrogen-bond acceptors (Lipinski definition) is 2. The maximum Gasteiger partial charge on any atom is 0.224 e. The molecule has 1 rings (SSSR count). The fourth-order valence-electron chi connectivity index (χ4n) is 1.26. The molecule has 0 aliphatic heterocycles. The molecule has 0 bridgehead atoms. The monoisotopic (exact) mass is 282 g/mol. The van der Waals surface area contributed by atoms with E-state index >= 15 is 0 Å². The van der Waals surface area contributed by atoms with Crippen LogP contribution in [0, 0.1) is 17.5 Å². The number of halogens is 4. The van der Waals surface area contributed by atoms with E-state index in [1.807, 2.05) is 0 Å². The Labute approximate surface area is 109 Å². The van der Waals surface area contributed by atoms with Gasteiger partial charge in [0.1, 0.15) is 5.82 Å². The molecule has 0 fully saturated rings. The van der Waals surface area contributed by atoms with Gasteiger partial charge in [-0.1, -0.05) is 0 Å². The number of anilines is 1. The molecule has 0 radical (unpaired) electrons. The largest absolute Gasteiger partial charge is 0.324 e. The van der Waals surface area contributed by atoms with Gasteiger partial charge in [0.2, 0.25) is 5.91 Å². The molecule has 0 unspecified atom stereocenters. The van der Waals surface area contributed by atoms with E-state index in [0.29, 0.717) is 25.1 Å². The first-order valence-corrected chi connectivity index (χ1v) is 5.13. The summed E-state index contributed by atoms with van der Waals surface area (Å²) in [5, 5.41) is 5.04. The first-order valence-electron chi connectivity index (χ1n) is 5.13. The lowest BCUT2D eigenvalue weighted by molar-refractivity contribution is -0.116. The highest BCUT2D eigenvalue weighted by molar-refractivity contribution is 5.90. The van der Waals surface area contributed by atoms with E-state index in [4.69, 9.17) is 0 Å². The van der Waals surface area contributed by atoms with Crippen LogP contribution in [0.25, 0.3) is 0 Å². The molecular formula is C11H14ClF3N2O. The van der Waals surface area contributed by atoms with Crippen molar-refractivity contribution >= 4 is 24.0 Å². The third kappa shape index (κ3) is 4.93. The number of carbonyl (C=O) groups excluding carboxylic acids is 1. The highest BCUT2D eigenvalue weighted by atomic mass is 35.5. The fourth-order valence-corrected chi connectivity index (χ4v) is 1.26. The maximum absolute atomic E-state index is 13.1. The zero-order valence-corrected chi connectivity index (χ0v) is 10.5. The number of amides is 1. The molecule has 0 aromatic heterocycles. The van der Waals surface area contributed by atoms with Gasteiger partial charge in [0, 0.05) is 18.6 Å². The third-order valence-corrected chi connectivity index (χ3v) is 2.11. The minimum absolute atomic E-state index is 0. The van der Waals surface area contributed by atoms with Crippen LogP contribution < -0.4 is 10.6 Å². The van der Waals surface area contributed by atoms with Crippen molar-refractivity contribution in [1.29, 1.82) is 0 Å². The minimum atomic E-state index is -1.28. The smallest absolute Gasteiger partial charge is 0.224 e. The molecule has 0 saturated heterocycles. The van der Waals surface area contributed by atoms with Crippen molar-refractivity contribution < 1.29 is 18.0 Å². The van der Waals surface area contributed by atoms with Crippen molar-refractivity contribution in [3.05, 3.63) is 29.6 Å². The lowest BCUT2D eigenvalue weighted by atomic mass is 10.2. The summed E-state index contributed by atoms with van der Waals surface area (Å²) in [6.07, 6.45) is 0.757. The Morgan fingerprint density at radius 3 is 2.39 bits per heavy atom. The quantitative estimate of drug-likeness (QED) is 0.643. The van der Waals surface area contributed by atoms with Crippen LogP contribution in [0.15, 0.2) is 12.1 Å². The zero-order chi connectivity index (χ0) is 12.8. The van der Waals surface area contributed by atoms with Gasteiger partial charge in [-0.15, -0.1) is 12.4 Å². The summed E-state index contributed by atoms with van der Waals surface area (Å²) in [6, 6.07) is 1.03. The first kappa shape index (κ1) is 16.7. The molecular weight excluding hydrogens is 269 g/mol. The van der Waals surface area contributed by atoms with E-state index in [9.17, 15) is 18.0 Å². The topological polar surface area (TPSA) is 41.1 Å². The van der Waals surface area contributed by atoms with Crippen LogP contribution in [0.5, 0.6) is 0 Å². The average Bonchev–Trinajstić information content (AvgIpc) is 2.26. The van der Waals surface area contributed by atoms with Crippen LogP contribution >= 0.6 is 12.4 Å². The Balaban J connectivity index is 0.00000289. The van der Waals surface area contributed by atoms with Gasteiger partial charge >= 0.3 is 0 Å². The molecule has 0 spiro atoms. The summed E-state index contributed by atoms with van der Waals surface area (Å²) < 4.78 is 38.6. The average molecular weight is 283 g/mol. The van der Waals surface area contributed by atoms with Crippen molar-refractivity contribution in [2.75, 3.05) is 18.9 Å². The van der Waals surface area contributed by atoms with Crippen LogP contribution in [0.3, 0.4) is 0 Å². The van der Waals surface area contributed by atoms with Crippen molar-refractivity contribution in [1.82, 2.24) is 5.32 Å². The van der Waals surface area contributed by atoms with Crippen molar-refractivity contribution in [3.8, 4) is 0 Å². The lowest BCUT2D eigenvalue weighted by Gasteiger charge is -2.06. The number of hydrogen-bond donors (Lipinski definition) is 2. The van der Waals surface area contributed by atoms with E-state index < -0.39 is 23.4 Å². The Morgan fingerprint density at radius 2 is 1.78 bits per heavy atom. The van der Waals surface area contributed by atoms with E-state index in [1.165, 1.54) is 0 Å². The highest BCUT2D eigenvalue weighted by Crippen LogP contribution is 2.18. The molecule has 102 valence electrons. The van der Waals surface area contributed by atoms with Gasteiger partial charge in [0.15, 0.2) is 11.6 Å². The van der Waals surface area contributed by atoms with Crippen LogP contribution in [0.4, 0.5) is 18.9 Å². The Kier molecular flexibility index (Phi) is 7.38. The number of benzene rings is 1. The molecule has 0 heterocycles. The molecule has 0 aliphatic rings. The van der Waals surface area contributed by atoms with Crippen molar-refractivity contribution in [2.45, 2.75) is 12.8 Å². The van der Waals surface area contributed by atoms with E-state index in [2.05, 4.69) is 10.6 Å². The summed E-state index contributed by atoms with van der Waals surface area (Å²) in [4.78, 5) is 11.3. The normalized spacial score (nSPS) is 9.78. The second kappa shape index (κ2) is 7.94. The maximum atomic E-state index is 13.1. The second-order valence-electron chi connectivity index (χ2n) is 3.50. The summed E-state index contributed by atoms with van der Waals surface area (Å²) >= 11 is 0. The third-order valence-electron chi connectivity index (χ3n) is 2.11. The molecule has 0 aliphatic carbocycles. The minimum Gasteiger partial charge on any atom is -0.324 e. The zero-order valence-electron chi connectivity index (χ0n) is 9.73. The van der Waals surface area contributed by atoms with E-state index in [0.717, 1.165) is 0 Å². The molecule has 7 heteroatoms. The molecule has 0 atom stereocenters. The number of carbonyl (C=O) groups is 1. The SMILES string of the molecule is CNCCCC(=O)Nc1cc(F)c(F)cc1F.Cl. The van der Waals surface area contributed by atoms with Gasteiger partial charge in [0.25, 0.3) is 0 Å². The number of nitrogens with one attached hydrogen (secondary N) is 2. The Bertz CT molecular complexity index is 416. The summed E-state index contributed by atoms with van der Waals surface area (Å²) in [6.45, 7) is 0.647. The molecule has 1 aromatic carbocycles. The fraction of sp³-hybridized carbons (Fsp3) is 0.364. The first-order chi connectivity index (χ1) is 8.04. The van der Waals surface area contributed by atoms with Crippen LogP contribution in [-0.4, -0.2) is 19.5 Å². The molecule has 1 amide bonds. The Hall–Kier alpha value is -1.27. The molecule has 18 heavy (non-hydrogen) atoms. The van der Waals surface area contributed by atoms with Gasteiger partial charge in [0.05, 0.1) is 5.69 Å². The van der Waals surface area contributed by atoms with E-state index in [1.54, 1.807) is 7.05 Å². The molecule has 1 aromatic rings. The van der Waals surface area contributed by atoms with Gasteiger partial charge < -0.3 is 10.6 Å². The van der Waals surface area contributed by atoms with Gasteiger partial charge in [-0.25, -0.2) is 13.2 Å². The summed E-state index contributed by atoms with van der Waals surface area (Å²) in [5.41, 5.74) is -0.349. The predicted octanol–water partition coefficient (Wildman–Crippen LogP) is 2.46. The van der Waals surface area contributed by atoms with Crippen LogP contribution in [0.1, 0.15) is 12.8 Å². The Morgan fingerprint density at radius 1 is 1.17 bits per heavy atom. The summed E-state index contributed by atoms with van der Waals surface area (Å²) in [5.74, 6) is -3.91. The van der Waals surface area contributed by atoms with E-state index in [-0.39, 0.29) is 24.5 Å². The van der Waals surface area contributed by atoms with Gasteiger partial charge in [-0.2, -0.15) is 0 Å². The summed E-state index contributed by atoms with van der Waals surface area (Å²) in [7, 11) is 1.74. The second-order valence-corrected chi connectivity index (χ2v) is 3.50. The van der Waals surface area contributed by atoms with Crippen LogP contribution in [-0.2, 0) is 4.79 Å². The molecule has 3 nitrogen and oxygen atoms in total. The molecule has 2 N–H and O–H groups in total. The van der Waals surface area contributed by atoms with Gasteiger partial charge in [-0.3, -0.25) is 4.79 Å². The molecule has 0 saturated carbocycles. The van der Waals surface area contributed by atoms with Crippen molar-refractivity contribution in [3.63, 3.8) is 0 Å². The highest BCUT2D eigenvalue weighted by Gasteiger charge is 2.11. The van der Waals surface area contributed by atoms with Crippen LogP contribution in [0.2, 0.25) is 0 Å². The predicted molar refractivity (Wildman–Crippen MR) is 65.4 cm³/mol. The van der Waals surface area contributed by atoms with Gasteiger partial charge in [-0.05, 0) is 20.0 Å².